The van der Waals surface area contributed by atoms with Gasteiger partial charge in [-0.15, -0.1) is 0 Å². The number of methoxy groups -OCH3 is 2. The molecule has 7 nitrogen and oxygen atoms in total. The van der Waals surface area contributed by atoms with E-state index < -0.39 is 12.0 Å². The van der Waals surface area contributed by atoms with E-state index in [-0.39, 0.29) is 11.1 Å². The molecule has 0 amide bonds. The first kappa shape index (κ1) is 27.7. The second-order valence-corrected chi connectivity index (χ2v) is 10.8. The Kier molecular flexibility index (Phi) is 8.12. The number of esters is 1. The lowest BCUT2D eigenvalue weighted by atomic mass is 9.95. The summed E-state index contributed by atoms with van der Waals surface area (Å²) in [7, 11) is 2.81. The number of rotatable bonds is 7. The third kappa shape index (κ3) is 5.43. The number of carbonyl (C=O) groups is 1. The molecule has 3 aromatic carbocycles. The largest absolute Gasteiger partial charge is 0.496 e. The first-order valence-corrected chi connectivity index (χ1v) is 13.8. The van der Waals surface area contributed by atoms with E-state index in [4.69, 9.17) is 37.4 Å². The summed E-state index contributed by atoms with van der Waals surface area (Å²) in [5, 5.41) is 1.09. The van der Waals surface area contributed by atoms with Gasteiger partial charge in [0.05, 0.1) is 30.0 Å². The van der Waals surface area contributed by atoms with Crippen LogP contribution in [0.15, 0.2) is 87.8 Å². The second-order valence-electron chi connectivity index (χ2n) is 8.91. The van der Waals surface area contributed by atoms with Crippen molar-refractivity contribution in [1.82, 2.24) is 4.57 Å². The smallest absolute Gasteiger partial charge is 0.338 e. The fourth-order valence-corrected chi connectivity index (χ4v) is 5.86. The van der Waals surface area contributed by atoms with Crippen LogP contribution >= 0.6 is 34.5 Å². The van der Waals surface area contributed by atoms with E-state index >= 15 is 0 Å². The van der Waals surface area contributed by atoms with Gasteiger partial charge < -0.3 is 14.2 Å². The average Bonchev–Trinajstić information content (AvgIpc) is 3.26. The van der Waals surface area contributed by atoms with Gasteiger partial charge >= 0.3 is 5.97 Å². The predicted molar refractivity (Wildman–Crippen MR) is 156 cm³/mol. The molecule has 4 aromatic rings. The SMILES string of the molecule is COC(=O)C1=C(C)N=c2s/c(=C\c3ccccc3OCc3ccc(Cl)cc3)c(=O)n2[C@H]1c1cc(Cl)ccc1OC. The third-order valence-electron chi connectivity index (χ3n) is 6.43. The Morgan fingerprint density at radius 1 is 1.02 bits per heavy atom. The zero-order chi connectivity index (χ0) is 28.4. The molecule has 5 rings (SSSR count). The van der Waals surface area contributed by atoms with E-state index in [9.17, 15) is 9.59 Å². The van der Waals surface area contributed by atoms with E-state index in [2.05, 4.69) is 4.99 Å². The fourth-order valence-electron chi connectivity index (χ4n) is 4.52. The quantitative estimate of drug-likeness (QED) is 0.271. The molecule has 0 fully saturated rings. The Morgan fingerprint density at radius 3 is 2.48 bits per heavy atom. The number of hydrogen-bond donors (Lipinski definition) is 0. The van der Waals surface area contributed by atoms with Gasteiger partial charge in [-0.2, -0.15) is 0 Å². The summed E-state index contributed by atoms with van der Waals surface area (Å²) >= 11 is 13.6. The van der Waals surface area contributed by atoms with Crippen LogP contribution < -0.4 is 24.4 Å². The van der Waals surface area contributed by atoms with Gasteiger partial charge in [0.15, 0.2) is 4.80 Å². The molecule has 0 N–H and O–H groups in total. The van der Waals surface area contributed by atoms with E-state index in [1.165, 1.54) is 30.1 Å². The van der Waals surface area contributed by atoms with Crippen molar-refractivity contribution in [2.75, 3.05) is 14.2 Å². The van der Waals surface area contributed by atoms with E-state index in [0.29, 0.717) is 48.7 Å². The molecule has 1 aliphatic heterocycles. The van der Waals surface area contributed by atoms with Crippen molar-refractivity contribution in [2.24, 2.45) is 4.99 Å². The van der Waals surface area contributed by atoms with Crippen molar-refractivity contribution in [2.45, 2.75) is 19.6 Å². The standard InChI is InChI=1S/C30H24Cl2N2O5S/c1-17-26(29(36)38-3)27(22-15-21(32)12-13-24(22)37-2)34-28(35)25(40-30(34)33-17)14-19-6-4-5-7-23(19)39-16-18-8-10-20(31)11-9-18/h4-15,27H,16H2,1-3H3/b25-14-/t27-/m0/s1. The highest BCUT2D eigenvalue weighted by Gasteiger charge is 2.35. The molecule has 1 aliphatic rings. The molecule has 10 heteroatoms. The molecule has 0 radical (unpaired) electrons. The summed E-state index contributed by atoms with van der Waals surface area (Å²) in [5.74, 6) is 0.493. The minimum Gasteiger partial charge on any atom is -0.496 e. The summed E-state index contributed by atoms with van der Waals surface area (Å²) in [6, 6.07) is 19.1. The number of para-hydroxylation sites is 1. The van der Waals surface area contributed by atoms with Crippen LogP contribution in [0.2, 0.25) is 10.0 Å². The average molecular weight is 596 g/mol. The lowest BCUT2D eigenvalue weighted by Crippen LogP contribution is -2.40. The van der Waals surface area contributed by atoms with E-state index in [1.807, 2.05) is 48.5 Å². The maximum Gasteiger partial charge on any atom is 0.338 e. The Hall–Kier alpha value is -3.85. The Labute approximate surface area is 244 Å². The maximum atomic E-state index is 14.0. The highest BCUT2D eigenvalue weighted by Crippen LogP contribution is 2.37. The van der Waals surface area contributed by atoms with Crippen LogP contribution in [0.1, 0.15) is 29.7 Å². The van der Waals surface area contributed by atoms with Crippen LogP contribution in [-0.4, -0.2) is 24.8 Å². The highest BCUT2D eigenvalue weighted by atomic mass is 35.5. The molecule has 1 atom stereocenters. The molecule has 204 valence electrons. The second kappa shape index (κ2) is 11.7. The Balaban J connectivity index is 1.63. The van der Waals surface area contributed by atoms with Crippen LogP contribution in [0.4, 0.5) is 0 Å². The topological polar surface area (TPSA) is 79.1 Å². The van der Waals surface area contributed by atoms with E-state index in [0.717, 1.165) is 11.1 Å². The van der Waals surface area contributed by atoms with Gasteiger partial charge in [0.2, 0.25) is 0 Å². The maximum absolute atomic E-state index is 14.0. The summed E-state index contributed by atoms with van der Waals surface area (Å²) < 4.78 is 18.7. The lowest BCUT2D eigenvalue weighted by Gasteiger charge is -2.25. The van der Waals surface area contributed by atoms with Gasteiger partial charge in [-0.3, -0.25) is 9.36 Å². The molecule has 0 unspecified atom stereocenters. The molecule has 40 heavy (non-hydrogen) atoms. The lowest BCUT2D eigenvalue weighted by molar-refractivity contribution is -0.136. The number of thiazole rings is 1. The van der Waals surface area contributed by atoms with Crippen LogP contribution in [0.3, 0.4) is 0 Å². The number of ether oxygens (including phenoxy) is 3. The molecule has 0 saturated carbocycles. The van der Waals surface area contributed by atoms with Crippen LogP contribution in [0.5, 0.6) is 11.5 Å². The molecule has 0 bridgehead atoms. The van der Waals surface area contributed by atoms with Crippen molar-refractivity contribution in [3.8, 4) is 11.5 Å². The molecular weight excluding hydrogens is 571 g/mol. The summed E-state index contributed by atoms with van der Waals surface area (Å²) in [6.45, 7) is 2.05. The summed E-state index contributed by atoms with van der Waals surface area (Å²) in [5.41, 5.74) is 2.58. The molecule has 2 heterocycles. The number of allylic oxidation sites excluding steroid dienone is 1. The van der Waals surface area contributed by atoms with Crippen LogP contribution in [0, 0.1) is 0 Å². The predicted octanol–water partition coefficient (Wildman–Crippen LogP) is 5.30. The Morgan fingerprint density at radius 2 is 1.75 bits per heavy atom. The van der Waals surface area contributed by atoms with Crippen molar-refractivity contribution < 1.29 is 19.0 Å². The third-order valence-corrected chi connectivity index (χ3v) is 7.90. The number of fused-ring (bicyclic) bond motifs is 1. The van der Waals surface area contributed by atoms with Crippen molar-refractivity contribution >= 4 is 46.6 Å². The summed E-state index contributed by atoms with van der Waals surface area (Å²) in [6.07, 6.45) is 1.77. The molecular formula is C30H24Cl2N2O5S. The van der Waals surface area contributed by atoms with Gasteiger partial charge in [-0.05, 0) is 55.0 Å². The van der Waals surface area contributed by atoms with Gasteiger partial charge in [0.1, 0.15) is 24.1 Å². The van der Waals surface area contributed by atoms with Crippen molar-refractivity contribution in [3.05, 3.63) is 124 Å². The number of carbonyl (C=O) groups excluding carboxylic acids is 1. The number of benzene rings is 3. The van der Waals surface area contributed by atoms with Crippen molar-refractivity contribution in [1.29, 1.82) is 0 Å². The van der Waals surface area contributed by atoms with Crippen LogP contribution in [0.25, 0.3) is 6.08 Å². The van der Waals surface area contributed by atoms with Gasteiger partial charge in [-0.1, -0.05) is 64.9 Å². The minimum atomic E-state index is -0.851. The Bertz CT molecular complexity index is 1810. The number of hydrogen-bond acceptors (Lipinski definition) is 7. The number of nitrogens with zero attached hydrogens (tertiary/aromatic N) is 2. The molecule has 0 spiro atoms. The molecule has 1 aromatic heterocycles. The zero-order valence-electron chi connectivity index (χ0n) is 21.8. The highest BCUT2D eigenvalue weighted by molar-refractivity contribution is 7.07. The minimum absolute atomic E-state index is 0.230. The van der Waals surface area contributed by atoms with Gasteiger partial charge in [0, 0.05) is 21.2 Å². The number of aromatic nitrogens is 1. The fraction of sp³-hybridized carbons (Fsp3) is 0.167. The van der Waals surface area contributed by atoms with Gasteiger partial charge in [0.25, 0.3) is 5.56 Å². The number of halogens is 2. The van der Waals surface area contributed by atoms with E-state index in [1.54, 1.807) is 31.2 Å². The van der Waals surface area contributed by atoms with Gasteiger partial charge in [-0.25, -0.2) is 9.79 Å². The normalized spacial score (nSPS) is 14.9. The first-order valence-electron chi connectivity index (χ1n) is 12.2. The zero-order valence-corrected chi connectivity index (χ0v) is 24.1. The first-order chi connectivity index (χ1) is 19.3. The molecule has 0 saturated heterocycles. The van der Waals surface area contributed by atoms with Crippen molar-refractivity contribution in [3.63, 3.8) is 0 Å². The monoisotopic (exact) mass is 594 g/mol. The summed E-state index contributed by atoms with van der Waals surface area (Å²) in [4.78, 5) is 32.0. The van der Waals surface area contributed by atoms with Crippen LogP contribution in [-0.2, 0) is 16.1 Å². The molecule has 0 aliphatic carbocycles.